The molecule has 0 saturated carbocycles. The molecule has 164 valence electrons. The fraction of sp³-hybridized carbons (Fsp3) is 0.375. The summed E-state index contributed by atoms with van der Waals surface area (Å²) in [6.07, 6.45) is 3.42. The molecule has 1 N–H and O–H groups in total. The maximum atomic E-state index is 12.9. The smallest absolute Gasteiger partial charge is 0.261 e. The maximum absolute atomic E-state index is 12.9. The topological polar surface area (TPSA) is 69.7 Å². The van der Waals surface area contributed by atoms with Crippen molar-refractivity contribution in [3.8, 4) is 0 Å². The molecule has 0 bridgehead atoms. The van der Waals surface area contributed by atoms with Crippen molar-refractivity contribution in [2.75, 3.05) is 26.2 Å². The van der Waals surface area contributed by atoms with Crippen molar-refractivity contribution < 1.29 is 14.4 Å². The highest BCUT2D eigenvalue weighted by molar-refractivity contribution is 6.22. The first kappa shape index (κ1) is 23.0. The van der Waals surface area contributed by atoms with E-state index in [4.69, 9.17) is 0 Å². The number of hydrogen-bond acceptors (Lipinski definition) is 4. The van der Waals surface area contributed by atoms with Crippen LogP contribution in [0.3, 0.4) is 0 Å². The fourth-order valence-electron chi connectivity index (χ4n) is 4.15. The molecule has 7 heteroatoms. The van der Waals surface area contributed by atoms with Crippen LogP contribution in [-0.2, 0) is 6.54 Å². The molecule has 0 spiro atoms. The molecule has 2 aliphatic rings. The van der Waals surface area contributed by atoms with Gasteiger partial charge in [-0.3, -0.25) is 19.3 Å². The summed E-state index contributed by atoms with van der Waals surface area (Å²) in [6.45, 7) is 6.07. The van der Waals surface area contributed by atoms with Gasteiger partial charge >= 0.3 is 0 Å². The van der Waals surface area contributed by atoms with Gasteiger partial charge in [-0.25, -0.2) is 0 Å². The number of nitrogens with zero attached hydrogens (tertiary/aromatic N) is 2. The van der Waals surface area contributed by atoms with E-state index in [1.54, 1.807) is 18.2 Å². The third-order valence-electron chi connectivity index (χ3n) is 5.96. The van der Waals surface area contributed by atoms with Crippen LogP contribution < -0.4 is 5.32 Å². The summed E-state index contributed by atoms with van der Waals surface area (Å²) in [5.74, 6) is -0.866. The molecule has 4 rings (SSSR count). The largest absolute Gasteiger partial charge is 0.352 e. The third-order valence-corrected chi connectivity index (χ3v) is 5.96. The number of hydrogen-bond donors (Lipinski definition) is 1. The Hall–Kier alpha value is -2.70. The third kappa shape index (κ3) is 4.97. The van der Waals surface area contributed by atoms with Crippen LogP contribution >= 0.6 is 12.4 Å². The van der Waals surface area contributed by atoms with Crippen LogP contribution in [0.4, 0.5) is 0 Å². The molecule has 2 heterocycles. The first-order chi connectivity index (χ1) is 14.5. The predicted molar refractivity (Wildman–Crippen MR) is 122 cm³/mol. The number of fused-ring (bicyclic) bond motifs is 1. The standard InChI is InChI=1S/C24H27N3O3.ClH/c1-17-7-2-3-8-19(17)16-27-23(29)20-10-9-18(15-21(20)24(27)30)22(28)25-11-6-14-26-12-4-5-13-26;/h2-3,7-10,15H,4-6,11-14,16H2,1H3,(H,25,28);1H. The van der Waals surface area contributed by atoms with Crippen molar-refractivity contribution in [3.63, 3.8) is 0 Å². The monoisotopic (exact) mass is 441 g/mol. The van der Waals surface area contributed by atoms with Crippen LogP contribution in [0, 0.1) is 6.92 Å². The lowest BCUT2D eigenvalue weighted by Gasteiger charge is -2.15. The number of nitrogens with one attached hydrogen (secondary N) is 1. The average Bonchev–Trinajstić information content (AvgIpc) is 3.35. The van der Waals surface area contributed by atoms with Crippen LogP contribution in [0.25, 0.3) is 0 Å². The Bertz CT molecular complexity index is 986. The summed E-state index contributed by atoms with van der Waals surface area (Å²) in [6, 6.07) is 12.5. The Balaban J connectivity index is 0.00000272. The van der Waals surface area contributed by atoms with Gasteiger partial charge in [0.05, 0.1) is 17.7 Å². The van der Waals surface area contributed by atoms with E-state index >= 15 is 0 Å². The van der Waals surface area contributed by atoms with E-state index in [-0.39, 0.29) is 36.7 Å². The molecule has 0 aromatic heterocycles. The second-order valence-corrected chi connectivity index (χ2v) is 8.04. The molecular formula is C24H28ClN3O3. The summed E-state index contributed by atoms with van der Waals surface area (Å²) >= 11 is 0. The van der Waals surface area contributed by atoms with Gasteiger partial charge in [0.15, 0.2) is 0 Å². The number of carbonyl (C=O) groups is 3. The molecule has 1 saturated heterocycles. The van der Waals surface area contributed by atoms with Gasteiger partial charge in [-0.15, -0.1) is 12.4 Å². The zero-order valence-electron chi connectivity index (χ0n) is 17.7. The van der Waals surface area contributed by atoms with Crippen LogP contribution in [0.5, 0.6) is 0 Å². The van der Waals surface area contributed by atoms with Gasteiger partial charge in [0.25, 0.3) is 17.7 Å². The summed E-state index contributed by atoms with van der Waals surface area (Å²) in [5, 5.41) is 2.92. The normalized spacial score (nSPS) is 15.7. The summed E-state index contributed by atoms with van der Waals surface area (Å²) < 4.78 is 0. The highest BCUT2D eigenvalue weighted by Crippen LogP contribution is 2.26. The van der Waals surface area contributed by atoms with Crippen LogP contribution in [-0.4, -0.2) is 53.7 Å². The van der Waals surface area contributed by atoms with Crippen molar-refractivity contribution >= 4 is 30.1 Å². The Labute approximate surface area is 189 Å². The molecular weight excluding hydrogens is 414 g/mol. The average molecular weight is 442 g/mol. The molecule has 2 aliphatic heterocycles. The lowest BCUT2D eigenvalue weighted by Crippen LogP contribution is -2.29. The number of imide groups is 1. The molecule has 0 unspecified atom stereocenters. The van der Waals surface area contributed by atoms with Gasteiger partial charge in [0, 0.05) is 12.1 Å². The summed E-state index contributed by atoms with van der Waals surface area (Å²) in [5.41, 5.74) is 3.04. The minimum absolute atomic E-state index is 0. The highest BCUT2D eigenvalue weighted by atomic mass is 35.5. The molecule has 2 aromatic carbocycles. The van der Waals surface area contributed by atoms with E-state index < -0.39 is 0 Å². The van der Waals surface area contributed by atoms with Crippen LogP contribution in [0.1, 0.15) is 61.5 Å². The zero-order valence-corrected chi connectivity index (χ0v) is 18.5. The van der Waals surface area contributed by atoms with Crippen molar-refractivity contribution in [1.29, 1.82) is 0 Å². The minimum Gasteiger partial charge on any atom is -0.352 e. The second-order valence-electron chi connectivity index (χ2n) is 8.04. The first-order valence-corrected chi connectivity index (χ1v) is 10.6. The Morgan fingerprint density at radius 2 is 1.71 bits per heavy atom. The Kier molecular flexibility index (Phi) is 7.46. The number of amides is 3. The maximum Gasteiger partial charge on any atom is 0.261 e. The van der Waals surface area contributed by atoms with E-state index in [1.807, 2.05) is 31.2 Å². The van der Waals surface area contributed by atoms with E-state index in [2.05, 4.69) is 10.2 Å². The van der Waals surface area contributed by atoms with Crippen molar-refractivity contribution in [2.45, 2.75) is 32.7 Å². The Morgan fingerprint density at radius 1 is 1.00 bits per heavy atom. The number of likely N-dealkylation sites (tertiary alicyclic amines) is 1. The van der Waals surface area contributed by atoms with Gasteiger partial charge in [-0.1, -0.05) is 24.3 Å². The molecule has 3 amide bonds. The van der Waals surface area contributed by atoms with Crippen molar-refractivity contribution in [2.24, 2.45) is 0 Å². The quantitative estimate of drug-likeness (QED) is 0.528. The minimum atomic E-state index is -0.345. The highest BCUT2D eigenvalue weighted by Gasteiger charge is 2.36. The zero-order chi connectivity index (χ0) is 21.1. The second kappa shape index (κ2) is 10.1. The van der Waals surface area contributed by atoms with Gasteiger partial charge < -0.3 is 10.2 Å². The summed E-state index contributed by atoms with van der Waals surface area (Å²) in [7, 11) is 0. The Morgan fingerprint density at radius 3 is 2.45 bits per heavy atom. The van der Waals surface area contributed by atoms with E-state index in [0.29, 0.717) is 23.2 Å². The molecule has 6 nitrogen and oxygen atoms in total. The fourth-order valence-corrected chi connectivity index (χ4v) is 4.15. The van der Waals surface area contributed by atoms with E-state index in [9.17, 15) is 14.4 Å². The molecule has 0 aliphatic carbocycles. The molecule has 0 radical (unpaired) electrons. The van der Waals surface area contributed by atoms with E-state index in [1.165, 1.54) is 17.7 Å². The lowest BCUT2D eigenvalue weighted by molar-refractivity contribution is 0.0642. The predicted octanol–water partition coefficient (Wildman–Crippen LogP) is 3.43. The van der Waals surface area contributed by atoms with Gasteiger partial charge in [-0.05, 0) is 75.1 Å². The van der Waals surface area contributed by atoms with Crippen LogP contribution in [0.15, 0.2) is 42.5 Å². The van der Waals surface area contributed by atoms with Gasteiger partial charge in [0.1, 0.15) is 0 Å². The molecule has 31 heavy (non-hydrogen) atoms. The molecule has 0 atom stereocenters. The number of aryl methyl sites for hydroxylation is 1. The van der Waals surface area contributed by atoms with E-state index in [0.717, 1.165) is 37.2 Å². The molecule has 1 fully saturated rings. The van der Waals surface area contributed by atoms with Crippen LogP contribution in [0.2, 0.25) is 0 Å². The van der Waals surface area contributed by atoms with Crippen molar-refractivity contribution in [3.05, 3.63) is 70.3 Å². The molecule has 2 aromatic rings. The lowest BCUT2D eigenvalue weighted by atomic mass is 10.1. The number of benzene rings is 2. The van der Waals surface area contributed by atoms with Gasteiger partial charge in [0.2, 0.25) is 0 Å². The summed E-state index contributed by atoms with van der Waals surface area (Å²) in [4.78, 5) is 41.8. The first-order valence-electron chi connectivity index (χ1n) is 10.6. The number of carbonyl (C=O) groups excluding carboxylic acids is 3. The number of rotatable bonds is 7. The SMILES string of the molecule is Cc1ccccc1CN1C(=O)c2ccc(C(=O)NCCCN3CCCC3)cc2C1=O.Cl. The van der Waals surface area contributed by atoms with Crippen molar-refractivity contribution in [1.82, 2.24) is 15.1 Å². The number of halogens is 1. The van der Waals surface area contributed by atoms with Gasteiger partial charge in [-0.2, -0.15) is 0 Å².